The quantitative estimate of drug-likeness (QED) is 0.919. The minimum atomic E-state index is -0.273. The number of carbonyl (C=O) groups excluding carboxylic acids is 2. The Bertz CT molecular complexity index is 581. The van der Waals surface area contributed by atoms with Crippen LogP contribution in [0.4, 0.5) is 0 Å². The summed E-state index contributed by atoms with van der Waals surface area (Å²) in [6.07, 6.45) is 1.59. The van der Waals surface area contributed by atoms with E-state index in [4.69, 9.17) is 22.1 Å². The number of amides is 2. The molecule has 0 saturated carbocycles. The van der Waals surface area contributed by atoms with E-state index < -0.39 is 0 Å². The second-order valence-corrected chi connectivity index (χ2v) is 6.05. The molecule has 22 heavy (non-hydrogen) atoms. The monoisotopic (exact) mass is 324 g/mol. The molecule has 2 rings (SSSR count). The molecule has 5 nitrogen and oxygen atoms in total. The summed E-state index contributed by atoms with van der Waals surface area (Å²) in [5, 5.41) is 0.503. The average molecular weight is 325 g/mol. The first-order chi connectivity index (χ1) is 10.4. The molecule has 0 unspecified atom stereocenters. The van der Waals surface area contributed by atoms with Gasteiger partial charge in [-0.2, -0.15) is 0 Å². The van der Waals surface area contributed by atoms with Crippen LogP contribution in [0.15, 0.2) is 12.1 Å². The molecule has 0 atom stereocenters. The van der Waals surface area contributed by atoms with Crippen molar-refractivity contribution in [3.8, 4) is 5.75 Å². The third-order valence-electron chi connectivity index (χ3n) is 4.20. The summed E-state index contributed by atoms with van der Waals surface area (Å²) in [4.78, 5) is 25.3. The maximum atomic E-state index is 12.4. The summed E-state index contributed by atoms with van der Waals surface area (Å²) in [6, 6.07) is 3.62. The Morgan fingerprint density at radius 1 is 1.36 bits per heavy atom. The lowest BCUT2D eigenvalue weighted by molar-refractivity contribution is -0.134. The normalized spacial score (nSPS) is 15.7. The number of nitrogens with zero attached hydrogens (tertiary/aromatic N) is 1. The Morgan fingerprint density at radius 3 is 2.55 bits per heavy atom. The van der Waals surface area contributed by atoms with Gasteiger partial charge in [-0.25, -0.2) is 0 Å². The highest BCUT2D eigenvalue weighted by Gasteiger charge is 2.26. The Balaban J connectivity index is 2.01. The van der Waals surface area contributed by atoms with Crippen molar-refractivity contribution >= 4 is 23.4 Å². The summed E-state index contributed by atoms with van der Waals surface area (Å²) < 4.78 is 5.17. The first-order valence-corrected chi connectivity index (χ1v) is 7.70. The van der Waals surface area contributed by atoms with Crippen LogP contribution in [0, 0.1) is 12.8 Å². The topological polar surface area (TPSA) is 72.6 Å². The Morgan fingerprint density at radius 2 is 2.00 bits per heavy atom. The van der Waals surface area contributed by atoms with Crippen molar-refractivity contribution in [3.05, 3.63) is 28.3 Å². The molecule has 2 amide bonds. The Kier molecular flexibility index (Phi) is 5.29. The summed E-state index contributed by atoms with van der Waals surface area (Å²) in [6.45, 7) is 3.09. The number of aryl methyl sites for hydroxylation is 1. The fourth-order valence-electron chi connectivity index (χ4n) is 2.73. The molecule has 0 bridgehead atoms. The number of piperidine rings is 1. The van der Waals surface area contributed by atoms with Crippen molar-refractivity contribution in [2.75, 3.05) is 20.2 Å². The van der Waals surface area contributed by atoms with Crippen LogP contribution in [0.3, 0.4) is 0 Å². The number of primary amides is 1. The lowest BCUT2D eigenvalue weighted by atomic mass is 9.95. The van der Waals surface area contributed by atoms with E-state index in [0.29, 0.717) is 43.1 Å². The molecule has 1 aromatic rings. The van der Waals surface area contributed by atoms with E-state index >= 15 is 0 Å². The molecule has 0 aromatic heterocycles. The number of likely N-dealkylation sites (tertiary alicyclic amines) is 1. The number of rotatable bonds is 4. The molecule has 120 valence electrons. The second-order valence-electron chi connectivity index (χ2n) is 5.65. The molecular weight excluding hydrogens is 304 g/mol. The van der Waals surface area contributed by atoms with Crippen LogP contribution in [-0.2, 0) is 16.0 Å². The van der Waals surface area contributed by atoms with Crippen molar-refractivity contribution < 1.29 is 14.3 Å². The molecule has 1 saturated heterocycles. The third kappa shape index (κ3) is 3.71. The number of ether oxygens (including phenoxy) is 1. The molecule has 1 aromatic carbocycles. The lowest BCUT2D eigenvalue weighted by Gasteiger charge is -2.30. The molecule has 0 aliphatic carbocycles. The van der Waals surface area contributed by atoms with Gasteiger partial charge >= 0.3 is 0 Å². The van der Waals surface area contributed by atoms with E-state index in [9.17, 15) is 9.59 Å². The lowest BCUT2D eigenvalue weighted by Crippen LogP contribution is -2.42. The van der Waals surface area contributed by atoms with E-state index in [1.165, 1.54) is 0 Å². The highest BCUT2D eigenvalue weighted by atomic mass is 35.5. The molecule has 1 heterocycles. The molecule has 1 fully saturated rings. The van der Waals surface area contributed by atoms with Gasteiger partial charge in [0.05, 0.1) is 18.6 Å². The van der Waals surface area contributed by atoms with Gasteiger partial charge in [0.15, 0.2) is 0 Å². The summed E-state index contributed by atoms with van der Waals surface area (Å²) in [7, 11) is 1.56. The number of nitrogens with two attached hydrogens (primary N) is 1. The summed E-state index contributed by atoms with van der Waals surface area (Å²) in [5.41, 5.74) is 7.18. The van der Waals surface area contributed by atoms with E-state index in [0.717, 1.165) is 11.1 Å². The smallest absolute Gasteiger partial charge is 0.227 e. The zero-order valence-corrected chi connectivity index (χ0v) is 13.7. The van der Waals surface area contributed by atoms with Crippen LogP contribution in [0.1, 0.15) is 24.0 Å². The van der Waals surface area contributed by atoms with Gasteiger partial charge in [-0.05, 0) is 43.0 Å². The SMILES string of the molecule is COc1cc(C)c(CC(=O)N2CCC(C(N)=O)CC2)cc1Cl. The first-order valence-electron chi connectivity index (χ1n) is 7.32. The molecule has 0 spiro atoms. The second kappa shape index (κ2) is 7.01. The third-order valence-corrected chi connectivity index (χ3v) is 4.50. The van der Waals surface area contributed by atoms with E-state index in [2.05, 4.69) is 0 Å². The maximum absolute atomic E-state index is 12.4. The zero-order chi connectivity index (χ0) is 16.3. The van der Waals surface area contributed by atoms with Gasteiger partial charge in [-0.15, -0.1) is 0 Å². The van der Waals surface area contributed by atoms with Crippen LogP contribution in [0.25, 0.3) is 0 Å². The van der Waals surface area contributed by atoms with E-state index in [-0.39, 0.29) is 17.7 Å². The maximum Gasteiger partial charge on any atom is 0.227 e. The largest absolute Gasteiger partial charge is 0.495 e. The van der Waals surface area contributed by atoms with Crippen LogP contribution in [0.5, 0.6) is 5.75 Å². The summed E-state index contributed by atoms with van der Waals surface area (Å²) >= 11 is 6.12. The van der Waals surface area contributed by atoms with Gasteiger partial charge in [-0.1, -0.05) is 11.6 Å². The van der Waals surface area contributed by atoms with Crippen molar-refractivity contribution in [3.63, 3.8) is 0 Å². The predicted molar refractivity (Wildman–Crippen MR) is 84.9 cm³/mol. The number of hydrogen-bond donors (Lipinski definition) is 1. The van der Waals surface area contributed by atoms with Crippen molar-refractivity contribution in [2.24, 2.45) is 11.7 Å². The van der Waals surface area contributed by atoms with Gasteiger partial charge in [0, 0.05) is 19.0 Å². The minimum absolute atomic E-state index is 0.0484. The first kappa shape index (κ1) is 16.6. The van der Waals surface area contributed by atoms with Gasteiger partial charge in [0.1, 0.15) is 5.75 Å². The fourth-order valence-corrected chi connectivity index (χ4v) is 2.99. The molecule has 1 aliphatic rings. The fraction of sp³-hybridized carbons (Fsp3) is 0.500. The molecular formula is C16H21ClN2O3. The van der Waals surface area contributed by atoms with Gasteiger partial charge in [0.25, 0.3) is 0 Å². The van der Waals surface area contributed by atoms with Crippen molar-refractivity contribution in [1.82, 2.24) is 4.90 Å². The number of halogens is 1. The number of methoxy groups -OCH3 is 1. The van der Waals surface area contributed by atoms with Crippen molar-refractivity contribution in [2.45, 2.75) is 26.2 Å². The van der Waals surface area contributed by atoms with Crippen molar-refractivity contribution in [1.29, 1.82) is 0 Å². The number of carbonyl (C=O) groups is 2. The van der Waals surface area contributed by atoms with E-state index in [1.807, 2.05) is 13.0 Å². The van der Waals surface area contributed by atoms with Gasteiger partial charge in [0.2, 0.25) is 11.8 Å². The van der Waals surface area contributed by atoms with Crippen LogP contribution in [-0.4, -0.2) is 36.9 Å². The average Bonchev–Trinajstić information content (AvgIpc) is 2.50. The number of benzene rings is 1. The van der Waals surface area contributed by atoms with Gasteiger partial charge in [-0.3, -0.25) is 9.59 Å². The standard InChI is InChI=1S/C16H21ClN2O3/c1-10-7-14(22-2)13(17)8-12(10)9-15(20)19-5-3-11(4-6-19)16(18)21/h7-8,11H,3-6,9H2,1-2H3,(H2,18,21). The number of hydrogen-bond acceptors (Lipinski definition) is 3. The Hall–Kier alpha value is -1.75. The molecule has 0 radical (unpaired) electrons. The predicted octanol–water partition coefficient (Wildman–Crippen LogP) is 1.92. The highest BCUT2D eigenvalue weighted by molar-refractivity contribution is 6.32. The molecule has 6 heteroatoms. The molecule has 2 N–H and O–H groups in total. The molecule has 1 aliphatic heterocycles. The van der Waals surface area contributed by atoms with E-state index in [1.54, 1.807) is 18.1 Å². The Labute approximate surface area is 135 Å². The van der Waals surface area contributed by atoms with Gasteiger partial charge < -0.3 is 15.4 Å². The zero-order valence-electron chi connectivity index (χ0n) is 12.9. The van der Waals surface area contributed by atoms with Crippen LogP contribution >= 0.6 is 11.6 Å². The highest BCUT2D eigenvalue weighted by Crippen LogP contribution is 2.28. The minimum Gasteiger partial charge on any atom is -0.495 e. The van der Waals surface area contributed by atoms with Crippen LogP contribution < -0.4 is 10.5 Å². The van der Waals surface area contributed by atoms with Crippen LogP contribution in [0.2, 0.25) is 5.02 Å². The summed E-state index contributed by atoms with van der Waals surface area (Å²) in [5.74, 6) is 0.274.